The Labute approximate surface area is 305 Å². The molecule has 0 radical (unpaired) electrons. The molecule has 5 heterocycles. The second-order valence-electron chi connectivity index (χ2n) is 14.5. The van der Waals surface area contributed by atoms with Crippen LogP contribution in [0.25, 0.3) is 71.7 Å². The average molecular weight is 674 g/mol. The third-order valence-electron chi connectivity index (χ3n) is 11.9. The number of fused-ring (bicyclic) bond motifs is 12. The van der Waals surface area contributed by atoms with Crippen LogP contribution in [0.1, 0.15) is 0 Å². The summed E-state index contributed by atoms with van der Waals surface area (Å²) >= 11 is 0. The molecule has 8 aromatic carbocycles. The van der Waals surface area contributed by atoms with E-state index in [2.05, 4.69) is 178 Å². The Hall–Kier alpha value is -6.98. The van der Waals surface area contributed by atoms with E-state index in [9.17, 15) is 0 Å². The summed E-state index contributed by atoms with van der Waals surface area (Å²) in [5.74, 6) is 0. The van der Waals surface area contributed by atoms with Crippen LogP contribution >= 0.6 is 0 Å². The van der Waals surface area contributed by atoms with Crippen LogP contribution < -0.4 is 20.6 Å². The summed E-state index contributed by atoms with van der Waals surface area (Å²) in [4.78, 5) is 5.12. The maximum absolute atomic E-state index is 6.34. The number of furan rings is 1. The highest BCUT2D eigenvalue weighted by molar-refractivity contribution is 6.95. The number of anilines is 5. The van der Waals surface area contributed by atoms with Crippen molar-refractivity contribution in [2.24, 2.45) is 0 Å². The van der Waals surface area contributed by atoms with Crippen molar-refractivity contribution >= 4 is 90.0 Å². The molecule has 0 amide bonds. The van der Waals surface area contributed by atoms with E-state index in [0.29, 0.717) is 0 Å². The van der Waals surface area contributed by atoms with E-state index in [0.717, 1.165) is 33.3 Å². The minimum Gasteiger partial charge on any atom is -0.456 e. The molecule has 244 valence electrons. The summed E-state index contributed by atoms with van der Waals surface area (Å²) in [5, 5.41) is 4.77. The monoisotopic (exact) mass is 673 g/mol. The predicted molar refractivity (Wildman–Crippen MR) is 221 cm³/mol. The fourth-order valence-corrected chi connectivity index (χ4v) is 9.81. The van der Waals surface area contributed by atoms with E-state index in [1.165, 1.54) is 77.7 Å². The SMILES string of the molecule is c1ccc2c(c1)-c1cccc3c1B1c4c(cc(-n5c6ccccc6c6ccccc65)cc4N3c3ccc4oc5ccccc5c4c3)-c3ccccc3N12. The summed E-state index contributed by atoms with van der Waals surface area (Å²) < 4.78 is 8.80. The number of rotatable bonds is 2. The first-order valence-corrected chi connectivity index (χ1v) is 18.3. The molecular formula is C48H28BN3O. The fourth-order valence-electron chi connectivity index (χ4n) is 9.81. The van der Waals surface area contributed by atoms with Crippen molar-refractivity contribution in [2.75, 3.05) is 9.71 Å². The zero-order valence-electron chi connectivity index (χ0n) is 28.5. The molecule has 5 heteroatoms. The van der Waals surface area contributed by atoms with Crippen LogP contribution in [-0.4, -0.2) is 11.4 Å². The number of benzene rings is 8. The van der Waals surface area contributed by atoms with Gasteiger partial charge in [0.05, 0.1) is 11.0 Å². The molecule has 0 atom stereocenters. The summed E-state index contributed by atoms with van der Waals surface area (Å²) in [6.45, 7) is 0.0120. The lowest BCUT2D eigenvalue weighted by atomic mass is 9.41. The zero-order valence-corrected chi connectivity index (χ0v) is 28.5. The first kappa shape index (κ1) is 27.7. The summed E-state index contributed by atoms with van der Waals surface area (Å²) in [6, 6.07) is 62.4. The lowest BCUT2D eigenvalue weighted by Crippen LogP contribution is -2.63. The van der Waals surface area contributed by atoms with E-state index in [-0.39, 0.29) is 6.85 Å². The fraction of sp³-hybridized carbons (Fsp3) is 0. The van der Waals surface area contributed by atoms with Gasteiger partial charge in [-0.05, 0) is 88.8 Å². The number of aromatic nitrogens is 1. The molecule has 2 aromatic heterocycles. The largest absolute Gasteiger partial charge is 0.456 e. The predicted octanol–water partition coefficient (Wildman–Crippen LogP) is 11.4. The van der Waals surface area contributed by atoms with Gasteiger partial charge in [0.15, 0.2) is 0 Å². The van der Waals surface area contributed by atoms with Gasteiger partial charge in [0, 0.05) is 66.8 Å². The number of nitrogens with zero attached hydrogens (tertiary/aromatic N) is 3. The van der Waals surface area contributed by atoms with E-state index in [1.54, 1.807) is 0 Å². The minimum atomic E-state index is 0.0120. The van der Waals surface area contributed by atoms with E-state index >= 15 is 0 Å². The standard InChI is InChI=1S/C48H28BN3O/c1-6-18-39-31(12-1)32-13-2-7-19-40(32)51(39)30-27-38-34-15-4-9-21-42(34)52-41-20-8-3-14-33(41)36-17-11-22-43-47(36)49(52)48(38)44(28-30)50(43)29-24-25-46-37(26-29)35-16-5-10-23-45(35)53-46/h1-28H. The number of para-hydroxylation sites is 5. The molecule has 0 spiro atoms. The molecule has 0 saturated carbocycles. The molecule has 0 unspecified atom stereocenters. The second-order valence-corrected chi connectivity index (χ2v) is 14.5. The average Bonchev–Trinajstić information content (AvgIpc) is 3.76. The quantitative estimate of drug-likeness (QED) is 0.171. The molecule has 0 saturated heterocycles. The Morgan fingerprint density at radius 3 is 1.74 bits per heavy atom. The Kier molecular flexibility index (Phi) is 5.16. The zero-order chi connectivity index (χ0) is 34.4. The van der Waals surface area contributed by atoms with E-state index in [1.807, 2.05) is 6.07 Å². The van der Waals surface area contributed by atoms with Crippen LogP contribution in [-0.2, 0) is 0 Å². The molecule has 53 heavy (non-hydrogen) atoms. The summed E-state index contributed by atoms with van der Waals surface area (Å²) in [7, 11) is 0. The van der Waals surface area contributed by atoms with Gasteiger partial charge in [0.1, 0.15) is 11.2 Å². The van der Waals surface area contributed by atoms with Gasteiger partial charge in [-0.3, -0.25) is 0 Å². The molecule has 3 aliphatic rings. The van der Waals surface area contributed by atoms with Gasteiger partial charge in [-0.2, -0.15) is 0 Å². The summed E-state index contributed by atoms with van der Waals surface area (Å²) in [6.07, 6.45) is 0. The third-order valence-corrected chi connectivity index (χ3v) is 11.9. The highest BCUT2D eigenvalue weighted by Gasteiger charge is 2.49. The van der Waals surface area contributed by atoms with Gasteiger partial charge in [-0.15, -0.1) is 0 Å². The molecule has 4 nitrogen and oxygen atoms in total. The van der Waals surface area contributed by atoms with Crippen LogP contribution in [0.4, 0.5) is 28.4 Å². The van der Waals surface area contributed by atoms with E-state index in [4.69, 9.17) is 4.42 Å². The smallest absolute Gasteiger partial charge is 0.333 e. The van der Waals surface area contributed by atoms with Crippen LogP contribution in [0.5, 0.6) is 0 Å². The molecule has 13 rings (SSSR count). The lowest BCUT2D eigenvalue weighted by Gasteiger charge is -2.49. The Balaban J connectivity index is 1.20. The first-order valence-electron chi connectivity index (χ1n) is 18.3. The molecule has 0 aliphatic carbocycles. The van der Waals surface area contributed by atoms with Crippen LogP contribution in [0.15, 0.2) is 174 Å². The normalized spacial score (nSPS) is 13.5. The van der Waals surface area contributed by atoms with Gasteiger partial charge >= 0.3 is 6.85 Å². The molecule has 0 fully saturated rings. The van der Waals surface area contributed by atoms with Crippen molar-refractivity contribution in [2.45, 2.75) is 0 Å². The molecule has 10 aromatic rings. The van der Waals surface area contributed by atoms with Crippen molar-refractivity contribution in [3.8, 4) is 27.9 Å². The maximum atomic E-state index is 6.34. The van der Waals surface area contributed by atoms with Gasteiger partial charge in [0.2, 0.25) is 0 Å². The van der Waals surface area contributed by atoms with E-state index < -0.39 is 0 Å². The summed E-state index contributed by atoms with van der Waals surface area (Å²) in [5.41, 5.74) is 19.1. The van der Waals surface area contributed by atoms with Crippen LogP contribution in [0.2, 0.25) is 0 Å². The molecule has 3 aliphatic heterocycles. The minimum absolute atomic E-state index is 0.0120. The number of hydrogen-bond acceptors (Lipinski definition) is 3. The molecular weight excluding hydrogens is 645 g/mol. The van der Waals surface area contributed by atoms with Crippen molar-refractivity contribution in [1.82, 2.24) is 4.57 Å². The Morgan fingerprint density at radius 2 is 0.962 bits per heavy atom. The van der Waals surface area contributed by atoms with Crippen LogP contribution in [0, 0.1) is 0 Å². The van der Waals surface area contributed by atoms with Crippen LogP contribution in [0.3, 0.4) is 0 Å². The second kappa shape index (κ2) is 9.87. The highest BCUT2D eigenvalue weighted by atomic mass is 16.3. The maximum Gasteiger partial charge on any atom is 0.333 e. The van der Waals surface area contributed by atoms with Gasteiger partial charge in [-0.25, -0.2) is 0 Å². The topological polar surface area (TPSA) is 24.6 Å². The third kappa shape index (κ3) is 3.47. The lowest BCUT2D eigenvalue weighted by molar-refractivity contribution is 0.669. The first-order chi connectivity index (χ1) is 26.3. The van der Waals surface area contributed by atoms with Gasteiger partial charge in [0.25, 0.3) is 0 Å². The van der Waals surface area contributed by atoms with Crippen molar-refractivity contribution in [3.63, 3.8) is 0 Å². The van der Waals surface area contributed by atoms with Crippen molar-refractivity contribution in [3.05, 3.63) is 170 Å². The molecule has 0 bridgehead atoms. The highest BCUT2D eigenvalue weighted by Crippen LogP contribution is 2.52. The number of hydrogen-bond donors (Lipinski definition) is 0. The van der Waals surface area contributed by atoms with Crippen molar-refractivity contribution < 1.29 is 4.42 Å². The Bertz CT molecular complexity index is 3170. The van der Waals surface area contributed by atoms with Gasteiger partial charge < -0.3 is 18.7 Å². The Morgan fingerprint density at radius 1 is 0.377 bits per heavy atom. The molecule has 0 N–H and O–H groups in total. The van der Waals surface area contributed by atoms with Gasteiger partial charge in [-0.1, -0.05) is 103 Å². The van der Waals surface area contributed by atoms with Crippen molar-refractivity contribution in [1.29, 1.82) is 0 Å².